The third-order valence-electron chi connectivity index (χ3n) is 4.32. The van der Waals surface area contributed by atoms with Crippen molar-refractivity contribution in [3.8, 4) is 6.07 Å². The van der Waals surface area contributed by atoms with Crippen LogP contribution in [-0.2, 0) is 14.8 Å². The first-order valence-electron chi connectivity index (χ1n) is 7.85. The molecule has 1 heterocycles. The number of sulfonamides is 1. The molecule has 124 valence electrons. The van der Waals surface area contributed by atoms with E-state index in [1.54, 1.807) is 13.8 Å². The Bertz CT molecular complexity index is 699. The summed E-state index contributed by atoms with van der Waals surface area (Å²) in [7, 11) is -3.58. The molecule has 0 aliphatic heterocycles. The average molecular weight is 335 g/mol. The van der Waals surface area contributed by atoms with E-state index in [1.165, 1.54) is 22.6 Å². The minimum atomic E-state index is -3.58. The minimum absolute atomic E-state index is 0.0551. The second-order valence-electron chi connectivity index (χ2n) is 5.60. The van der Waals surface area contributed by atoms with Gasteiger partial charge in [-0.05, 0) is 25.0 Å². The van der Waals surface area contributed by atoms with Crippen LogP contribution in [0.1, 0.15) is 44.7 Å². The number of nitrogens with zero attached hydrogens (tertiary/aromatic N) is 3. The van der Waals surface area contributed by atoms with E-state index < -0.39 is 15.9 Å². The molecule has 0 spiro atoms. The molecule has 7 heteroatoms. The van der Waals surface area contributed by atoms with Crippen molar-refractivity contribution in [2.75, 3.05) is 13.1 Å². The highest BCUT2D eigenvalue weighted by molar-refractivity contribution is 7.89. The van der Waals surface area contributed by atoms with Crippen LogP contribution in [-0.4, -0.2) is 36.6 Å². The maximum absolute atomic E-state index is 12.4. The summed E-state index contributed by atoms with van der Waals surface area (Å²) in [5, 5.41) is 9.27. The van der Waals surface area contributed by atoms with Crippen LogP contribution in [0.4, 0.5) is 0 Å². The largest absolute Gasteiger partial charge is 0.297 e. The molecule has 1 aromatic rings. The Labute approximate surface area is 137 Å². The Morgan fingerprint density at radius 1 is 1.39 bits per heavy atom. The summed E-state index contributed by atoms with van der Waals surface area (Å²) in [6, 6.07) is 4.90. The molecule has 0 aromatic carbocycles. The molecule has 1 atom stereocenters. The van der Waals surface area contributed by atoms with E-state index in [2.05, 4.69) is 4.98 Å². The van der Waals surface area contributed by atoms with Crippen molar-refractivity contribution in [1.82, 2.24) is 9.29 Å². The highest BCUT2D eigenvalue weighted by atomic mass is 32.2. The van der Waals surface area contributed by atoms with Gasteiger partial charge in [0.05, 0.1) is 11.8 Å². The van der Waals surface area contributed by atoms with Gasteiger partial charge in [-0.1, -0.05) is 20.3 Å². The van der Waals surface area contributed by atoms with E-state index in [9.17, 15) is 18.5 Å². The van der Waals surface area contributed by atoms with E-state index in [0.717, 1.165) is 19.3 Å². The number of rotatable bonds is 7. The molecule has 1 aromatic heterocycles. The van der Waals surface area contributed by atoms with Crippen molar-refractivity contribution in [1.29, 1.82) is 5.26 Å². The van der Waals surface area contributed by atoms with Crippen molar-refractivity contribution in [3.05, 3.63) is 24.0 Å². The number of aromatic nitrogens is 1. The molecule has 6 nitrogen and oxygen atoms in total. The highest BCUT2D eigenvalue weighted by Crippen LogP contribution is 2.32. The van der Waals surface area contributed by atoms with Gasteiger partial charge < -0.3 is 0 Å². The van der Waals surface area contributed by atoms with Crippen molar-refractivity contribution in [3.63, 3.8) is 0 Å². The van der Waals surface area contributed by atoms with Gasteiger partial charge in [0.15, 0.2) is 5.78 Å². The van der Waals surface area contributed by atoms with Gasteiger partial charge in [-0.15, -0.1) is 0 Å². The Morgan fingerprint density at radius 2 is 2.04 bits per heavy atom. The van der Waals surface area contributed by atoms with Crippen molar-refractivity contribution in [2.24, 2.45) is 5.92 Å². The maximum atomic E-state index is 12.4. The predicted molar refractivity (Wildman–Crippen MR) is 85.0 cm³/mol. The topological polar surface area (TPSA) is 91.1 Å². The summed E-state index contributed by atoms with van der Waals surface area (Å²) < 4.78 is 26.1. The summed E-state index contributed by atoms with van der Waals surface area (Å²) in [5.74, 6) is -1.07. The summed E-state index contributed by atoms with van der Waals surface area (Å²) >= 11 is 0. The Morgan fingerprint density at radius 3 is 2.43 bits per heavy atom. The Hall–Kier alpha value is -1.78. The number of nitriles is 1. The summed E-state index contributed by atoms with van der Waals surface area (Å²) in [5.41, 5.74) is 0.322. The van der Waals surface area contributed by atoms with Gasteiger partial charge in [-0.2, -0.15) is 9.57 Å². The molecule has 1 saturated carbocycles. The van der Waals surface area contributed by atoms with Crippen LogP contribution in [0.5, 0.6) is 0 Å². The standard InChI is InChI=1S/C16H21N3O3S/c1-3-19(4-2)23(21,22)13-8-9-15(18-11-13)14(10-17)16(20)12-6-5-7-12/h8-9,11-12,14H,3-7H2,1-2H3/t14-/m1/s1. The number of carbonyl (C=O) groups is 1. The lowest BCUT2D eigenvalue weighted by atomic mass is 9.77. The molecule has 0 bridgehead atoms. The average Bonchev–Trinajstić information content (AvgIpc) is 2.47. The molecule has 1 fully saturated rings. The monoisotopic (exact) mass is 335 g/mol. The first kappa shape index (κ1) is 17.6. The third-order valence-corrected chi connectivity index (χ3v) is 6.35. The van der Waals surface area contributed by atoms with Gasteiger partial charge in [-0.25, -0.2) is 8.42 Å². The van der Waals surface area contributed by atoms with Crippen molar-refractivity contribution >= 4 is 15.8 Å². The van der Waals surface area contributed by atoms with Crippen LogP contribution in [0.2, 0.25) is 0 Å². The molecular weight excluding hydrogens is 314 g/mol. The molecule has 0 unspecified atom stereocenters. The van der Waals surface area contributed by atoms with E-state index in [-0.39, 0.29) is 16.6 Å². The Kier molecular flexibility index (Phi) is 5.50. The van der Waals surface area contributed by atoms with Gasteiger partial charge in [0.2, 0.25) is 10.0 Å². The van der Waals surface area contributed by atoms with E-state index in [4.69, 9.17) is 0 Å². The van der Waals surface area contributed by atoms with Crippen molar-refractivity contribution < 1.29 is 13.2 Å². The zero-order chi connectivity index (χ0) is 17.0. The van der Waals surface area contributed by atoms with Crippen LogP contribution in [0.15, 0.2) is 23.2 Å². The predicted octanol–water partition coefficient (Wildman–Crippen LogP) is 2.09. The summed E-state index contributed by atoms with van der Waals surface area (Å²) in [6.07, 6.45) is 3.90. The molecule has 0 N–H and O–H groups in total. The lowest BCUT2D eigenvalue weighted by Crippen LogP contribution is -2.31. The number of hydrogen-bond donors (Lipinski definition) is 0. The molecule has 2 rings (SSSR count). The summed E-state index contributed by atoms with van der Waals surface area (Å²) in [6.45, 7) is 4.29. The summed E-state index contributed by atoms with van der Waals surface area (Å²) in [4.78, 5) is 16.4. The molecule has 0 saturated heterocycles. The quantitative estimate of drug-likeness (QED) is 0.761. The molecule has 23 heavy (non-hydrogen) atoms. The second kappa shape index (κ2) is 7.20. The number of hydrogen-bond acceptors (Lipinski definition) is 5. The molecule has 0 radical (unpaired) electrons. The smallest absolute Gasteiger partial charge is 0.244 e. The van der Waals surface area contributed by atoms with Crippen LogP contribution in [0.3, 0.4) is 0 Å². The van der Waals surface area contributed by atoms with Gasteiger partial charge in [0, 0.05) is 25.2 Å². The number of pyridine rings is 1. The van der Waals surface area contributed by atoms with Gasteiger partial charge in [0.25, 0.3) is 0 Å². The van der Waals surface area contributed by atoms with E-state index in [1.807, 2.05) is 6.07 Å². The fourth-order valence-electron chi connectivity index (χ4n) is 2.63. The van der Waals surface area contributed by atoms with Gasteiger partial charge >= 0.3 is 0 Å². The van der Waals surface area contributed by atoms with Crippen LogP contribution in [0, 0.1) is 17.2 Å². The zero-order valence-corrected chi connectivity index (χ0v) is 14.2. The zero-order valence-electron chi connectivity index (χ0n) is 13.4. The van der Waals surface area contributed by atoms with Gasteiger partial charge in [0.1, 0.15) is 10.8 Å². The molecule has 1 aliphatic rings. The van der Waals surface area contributed by atoms with Gasteiger partial charge in [-0.3, -0.25) is 9.78 Å². The normalized spacial score (nSPS) is 16.6. The maximum Gasteiger partial charge on any atom is 0.244 e. The van der Waals surface area contributed by atoms with Crippen LogP contribution in [0.25, 0.3) is 0 Å². The SMILES string of the molecule is CCN(CC)S(=O)(=O)c1ccc([C@@H](C#N)C(=O)C2CCC2)nc1. The number of carbonyl (C=O) groups excluding carboxylic acids is 1. The number of Topliss-reactive ketones (excluding diaryl/α,β-unsaturated/α-hetero) is 1. The second-order valence-corrected chi connectivity index (χ2v) is 7.54. The number of ketones is 1. The fourth-order valence-corrected chi connectivity index (χ4v) is 4.04. The highest BCUT2D eigenvalue weighted by Gasteiger charge is 2.33. The van der Waals surface area contributed by atoms with Crippen LogP contribution >= 0.6 is 0 Å². The van der Waals surface area contributed by atoms with E-state index >= 15 is 0 Å². The third kappa shape index (κ3) is 3.43. The fraction of sp³-hybridized carbons (Fsp3) is 0.562. The minimum Gasteiger partial charge on any atom is -0.297 e. The molecule has 1 aliphatic carbocycles. The Balaban J connectivity index is 2.24. The van der Waals surface area contributed by atoms with Crippen molar-refractivity contribution in [2.45, 2.75) is 43.9 Å². The lowest BCUT2D eigenvalue weighted by Gasteiger charge is -2.25. The molecule has 0 amide bonds. The molecular formula is C16H21N3O3S. The lowest BCUT2D eigenvalue weighted by molar-refractivity contribution is -0.125. The van der Waals surface area contributed by atoms with Crippen LogP contribution < -0.4 is 0 Å². The first-order chi connectivity index (χ1) is 11.0. The first-order valence-corrected chi connectivity index (χ1v) is 9.29. The van der Waals surface area contributed by atoms with E-state index in [0.29, 0.717) is 18.8 Å².